The minimum absolute atomic E-state index is 0.0507. The molecule has 0 radical (unpaired) electrons. The first-order valence-electron chi connectivity index (χ1n) is 10.4. The number of methoxy groups -OCH3 is 1. The van der Waals surface area contributed by atoms with Gasteiger partial charge in [-0.05, 0) is 35.9 Å². The zero-order valence-corrected chi connectivity index (χ0v) is 21.6. The van der Waals surface area contributed by atoms with Crippen LogP contribution < -0.4 is 19.5 Å². The Labute approximate surface area is 217 Å². The van der Waals surface area contributed by atoms with E-state index in [0.29, 0.717) is 28.4 Å². The standard InChI is InChI=1S/C23H21ClN4O6S2/c1-3-36(30,31)23-28-27-22(35-23)26-21(29)16(14-25)11-15-12-18(24)20(19(13-15)32-2)34-10-9-33-17-7-5-4-6-8-17/h4-8,11-13H,3,9-10H2,1-2H3,(H,26,27,29). The molecule has 10 nitrogen and oxygen atoms in total. The molecule has 13 heteroatoms. The van der Waals surface area contributed by atoms with Gasteiger partial charge in [-0.15, -0.1) is 10.2 Å². The van der Waals surface area contributed by atoms with Crippen molar-refractivity contribution >= 4 is 49.9 Å². The topological polar surface area (TPSA) is 140 Å². The largest absolute Gasteiger partial charge is 0.493 e. The Hall–Kier alpha value is -3.66. The molecule has 0 aliphatic carbocycles. The summed E-state index contributed by atoms with van der Waals surface area (Å²) in [4.78, 5) is 12.6. The molecule has 0 spiro atoms. The molecule has 1 aromatic heterocycles. The second-order valence-electron chi connectivity index (χ2n) is 6.94. The fourth-order valence-electron chi connectivity index (χ4n) is 2.77. The Kier molecular flexibility index (Phi) is 9.24. The van der Waals surface area contributed by atoms with Gasteiger partial charge in [0.15, 0.2) is 11.5 Å². The van der Waals surface area contributed by atoms with E-state index in [9.17, 15) is 18.5 Å². The van der Waals surface area contributed by atoms with Crippen LogP contribution in [0.1, 0.15) is 12.5 Å². The van der Waals surface area contributed by atoms with Gasteiger partial charge < -0.3 is 14.2 Å². The molecule has 2 aromatic carbocycles. The number of ether oxygens (including phenoxy) is 3. The third kappa shape index (κ3) is 6.94. The lowest BCUT2D eigenvalue weighted by Crippen LogP contribution is -2.13. The van der Waals surface area contributed by atoms with Crippen LogP contribution in [0.5, 0.6) is 17.2 Å². The molecular weight excluding hydrogens is 528 g/mol. The number of hydrogen-bond donors (Lipinski definition) is 1. The van der Waals surface area contributed by atoms with E-state index in [1.165, 1.54) is 26.2 Å². The number of nitrogens with zero attached hydrogens (tertiary/aromatic N) is 3. The number of nitrogens with one attached hydrogen (secondary N) is 1. The highest BCUT2D eigenvalue weighted by Crippen LogP contribution is 2.37. The van der Waals surface area contributed by atoms with E-state index in [-0.39, 0.29) is 44.8 Å². The third-order valence-electron chi connectivity index (χ3n) is 4.54. The monoisotopic (exact) mass is 548 g/mol. The second kappa shape index (κ2) is 12.3. The number of benzene rings is 2. The van der Waals surface area contributed by atoms with Crippen molar-refractivity contribution in [3.8, 4) is 23.3 Å². The van der Waals surface area contributed by atoms with Gasteiger partial charge in [-0.2, -0.15) is 5.26 Å². The van der Waals surface area contributed by atoms with Gasteiger partial charge in [0.25, 0.3) is 5.91 Å². The molecule has 3 rings (SSSR count). The highest BCUT2D eigenvalue weighted by molar-refractivity contribution is 7.93. The summed E-state index contributed by atoms with van der Waals surface area (Å²) in [6.07, 6.45) is 1.30. The summed E-state index contributed by atoms with van der Waals surface area (Å²) in [6, 6.07) is 14.1. The fraction of sp³-hybridized carbons (Fsp3) is 0.217. The smallest absolute Gasteiger partial charge is 0.268 e. The van der Waals surface area contributed by atoms with Crippen LogP contribution in [0.3, 0.4) is 0 Å². The number of sulfone groups is 1. The van der Waals surface area contributed by atoms with Crippen LogP contribution in [-0.2, 0) is 14.6 Å². The molecule has 0 saturated carbocycles. The maximum absolute atomic E-state index is 12.6. The number of carbonyl (C=O) groups excluding carboxylic acids is 1. The summed E-state index contributed by atoms with van der Waals surface area (Å²) in [6.45, 7) is 1.94. The number of amides is 1. The maximum atomic E-state index is 12.6. The van der Waals surface area contributed by atoms with Crippen molar-refractivity contribution in [3.05, 3.63) is 58.6 Å². The summed E-state index contributed by atoms with van der Waals surface area (Å²) in [5.41, 5.74) is 0.135. The normalized spacial score (nSPS) is 11.4. The van der Waals surface area contributed by atoms with Gasteiger partial charge in [-0.1, -0.05) is 48.1 Å². The van der Waals surface area contributed by atoms with Crippen LogP contribution in [0.25, 0.3) is 6.08 Å². The Morgan fingerprint density at radius 3 is 2.58 bits per heavy atom. The number of aromatic nitrogens is 2. The van der Waals surface area contributed by atoms with Crippen molar-refractivity contribution in [1.82, 2.24) is 10.2 Å². The summed E-state index contributed by atoms with van der Waals surface area (Å²) >= 11 is 7.07. The van der Waals surface area contributed by atoms with Gasteiger partial charge in [0.05, 0.1) is 17.9 Å². The predicted molar refractivity (Wildman–Crippen MR) is 135 cm³/mol. The van der Waals surface area contributed by atoms with E-state index in [2.05, 4.69) is 15.5 Å². The molecule has 1 amide bonds. The van der Waals surface area contributed by atoms with Gasteiger partial charge in [0, 0.05) is 0 Å². The molecule has 0 atom stereocenters. The molecule has 0 saturated heterocycles. The number of para-hydroxylation sites is 1. The number of halogens is 1. The zero-order chi connectivity index (χ0) is 26.1. The van der Waals surface area contributed by atoms with E-state index >= 15 is 0 Å². The molecule has 0 aliphatic rings. The van der Waals surface area contributed by atoms with E-state index in [1.54, 1.807) is 12.1 Å². The van der Waals surface area contributed by atoms with Gasteiger partial charge in [0.2, 0.25) is 19.3 Å². The van der Waals surface area contributed by atoms with E-state index < -0.39 is 15.7 Å². The third-order valence-corrected chi connectivity index (χ3v) is 7.84. The quantitative estimate of drug-likeness (QED) is 0.163. The zero-order valence-electron chi connectivity index (χ0n) is 19.2. The molecule has 188 valence electrons. The Morgan fingerprint density at radius 1 is 1.19 bits per heavy atom. The minimum atomic E-state index is -3.56. The summed E-state index contributed by atoms with van der Waals surface area (Å²) in [7, 11) is -2.13. The van der Waals surface area contributed by atoms with Gasteiger partial charge in [0.1, 0.15) is 30.6 Å². The molecule has 0 aliphatic heterocycles. The van der Waals surface area contributed by atoms with E-state index in [0.717, 1.165) is 0 Å². The van der Waals surface area contributed by atoms with E-state index in [1.807, 2.05) is 30.3 Å². The molecule has 0 fully saturated rings. The first-order valence-corrected chi connectivity index (χ1v) is 13.3. The summed E-state index contributed by atoms with van der Waals surface area (Å²) in [5, 5.41) is 19.3. The Balaban J connectivity index is 1.71. The van der Waals surface area contributed by atoms with Gasteiger partial charge >= 0.3 is 0 Å². The molecule has 0 bridgehead atoms. The molecule has 36 heavy (non-hydrogen) atoms. The number of hydrogen-bond acceptors (Lipinski definition) is 10. The number of nitriles is 1. The lowest BCUT2D eigenvalue weighted by atomic mass is 10.1. The summed E-state index contributed by atoms with van der Waals surface area (Å²) in [5.74, 6) is 0.349. The van der Waals surface area contributed by atoms with E-state index in [4.69, 9.17) is 25.8 Å². The van der Waals surface area contributed by atoms with Crippen LogP contribution in [-0.4, -0.2) is 50.6 Å². The Bertz CT molecular complexity index is 1400. The SMILES string of the molecule is CCS(=O)(=O)c1nnc(NC(=O)C(C#N)=Cc2cc(Cl)c(OCCOc3ccccc3)c(OC)c2)s1. The van der Waals surface area contributed by atoms with Crippen molar-refractivity contribution in [2.75, 3.05) is 31.4 Å². The van der Waals surface area contributed by atoms with Crippen LogP contribution in [0.15, 0.2) is 52.4 Å². The van der Waals surface area contributed by atoms with Crippen molar-refractivity contribution in [2.24, 2.45) is 0 Å². The van der Waals surface area contributed by atoms with Crippen LogP contribution in [0, 0.1) is 11.3 Å². The average Bonchev–Trinajstić information content (AvgIpc) is 3.35. The molecular formula is C23H21ClN4O6S2. The van der Waals surface area contributed by atoms with Gasteiger partial charge in [-0.25, -0.2) is 8.42 Å². The molecule has 1 heterocycles. The number of rotatable bonds is 11. The van der Waals surface area contributed by atoms with Crippen LogP contribution >= 0.6 is 22.9 Å². The van der Waals surface area contributed by atoms with Crippen LogP contribution in [0.2, 0.25) is 5.02 Å². The van der Waals surface area contributed by atoms with Crippen molar-refractivity contribution in [3.63, 3.8) is 0 Å². The molecule has 0 unspecified atom stereocenters. The lowest BCUT2D eigenvalue weighted by Gasteiger charge is -2.14. The maximum Gasteiger partial charge on any atom is 0.268 e. The number of carbonyl (C=O) groups is 1. The highest BCUT2D eigenvalue weighted by Gasteiger charge is 2.20. The lowest BCUT2D eigenvalue weighted by molar-refractivity contribution is -0.112. The predicted octanol–water partition coefficient (Wildman–Crippen LogP) is 4.00. The average molecular weight is 549 g/mol. The molecule has 1 N–H and O–H groups in total. The summed E-state index contributed by atoms with van der Waals surface area (Å²) < 4.78 is 40.2. The first-order chi connectivity index (χ1) is 17.3. The van der Waals surface area contributed by atoms with Crippen LogP contribution in [0.4, 0.5) is 5.13 Å². The second-order valence-corrected chi connectivity index (χ2v) is 10.8. The molecule has 3 aromatic rings. The van der Waals surface area contributed by atoms with Crippen molar-refractivity contribution in [2.45, 2.75) is 11.3 Å². The van der Waals surface area contributed by atoms with Gasteiger partial charge in [-0.3, -0.25) is 10.1 Å². The first kappa shape index (κ1) is 26.9. The highest BCUT2D eigenvalue weighted by atomic mass is 35.5. The number of anilines is 1. The van der Waals surface area contributed by atoms with Crippen molar-refractivity contribution in [1.29, 1.82) is 5.26 Å². The van der Waals surface area contributed by atoms with Crippen molar-refractivity contribution < 1.29 is 27.4 Å². The fourth-order valence-corrected chi connectivity index (χ4v) is 5.03. The Morgan fingerprint density at radius 2 is 1.92 bits per heavy atom. The minimum Gasteiger partial charge on any atom is -0.493 e.